The Morgan fingerprint density at radius 3 is 1.55 bits per heavy atom. The van der Waals surface area contributed by atoms with Crippen molar-refractivity contribution in [3.05, 3.63) is 133 Å². The summed E-state index contributed by atoms with van der Waals surface area (Å²) < 4.78 is 12.4. The molecule has 0 saturated carbocycles. The molecule has 2 heteroatoms. The lowest BCUT2D eigenvalue weighted by molar-refractivity contribution is 0.668. The lowest BCUT2D eigenvalue weighted by atomic mass is 9.89. The molecular weight excluding hydrogens is 512 g/mol. The van der Waals surface area contributed by atoms with Gasteiger partial charge in [0.05, 0.1) is 0 Å². The van der Waals surface area contributed by atoms with Crippen LogP contribution < -0.4 is 0 Å². The molecule has 0 fully saturated rings. The summed E-state index contributed by atoms with van der Waals surface area (Å²) in [7, 11) is 0. The molecule has 8 aromatic carbocycles. The Morgan fingerprint density at radius 2 is 0.833 bits per heavy atom. The van der Waals surface area contributed by atoms with E-state index in [0.29, 0.717) is 0 Å². The zero-order chi connectivity index (χ0) is 27.4. The first-order chi connectivity index (χ1) is 20.8. The van der Waals surface area contributed by atoms with Gasteiger partial charge in [-0.1, -0.05) is 91.0 Å². The Kier molecular flexibility index (Phi) is 4.21. The smallest absolute Gasteiger partial charge is 0.135 e. The molecule has 2 nitrogen and oxygen atoms in total. The molecule has 0 atom stereocenters. The zero-order valence-electron chi connectivity index (χ0n) is 22.5. The van der Waals surface area contributed by atoms with Gasteiger partial charge in [0.25, 0.3) is 0 Å². The Morgan fingerprint density at radius 1 is 0.310 bits per heavy atom. The Balaban J connectivity index is 1.17. The van der Waals surface area contributed by atoms with Gasteiger partial charge in [0.1, 0.15) is 22.3 Å². The van der Waals surface area contributed by atoms with Crippen molar-refractivity contribution < 1.29 is 8.83 Å². The lowest BCUT2D eigenvalue weighted by Crippen LogP contribution is -1.87. The van der Waals surface area contributed by atoms with Crippen LogP contribution in [0.2, 0.25) is 0 Å². The average molecular weight is 535 g/mol. The van der Waals surface area contributed by atoms with E-state index in [1.54, 1.807) is 0 Å². The predicted octanol–water partition coefficient (Wildman–Crippen LogP) is 11.7. The number of benzene rings is 8. The maximum atomic E-state index is 6.31. The molecule has 0 bridgehead atoms. The number of para-hydroxylation sites is 1. The van der Waals surface area contributed by atoms with Gasteiger partial charge >= 0.3 is 0 Å². The van der Waals surface area contributed by atoms with E-state index in [2.05, 4.69) is 121 Å². The van der Waals surface area contributed by atoms with Crippen molar-refractivity contribution in [3.8, 4) is 22.3 Å². The van der Waals surface area contributed by atoms with E-state index < -0.39 is 0 Å². The van der Waals surface area contributed by atoms with Gasteiger partial charge in [0.15, 0.2) is 0 Å². The second kappa shape index (κ2) is 7.99. The van der Waals surface area contributed by atoms with Crippen LogP contribution >= 0.6 is 0 Å². The fourth-order valence-corrected chi connectivity index (χ4v) is 7.02. The van der Waals surface area contributed by atoms with Crippen LogP contribution in [0.4, 0.5) is 0 Å². The highest BCUT2D eigenvalue weighted by Gasteiger charge is 2.15. The predicted molar refractivity (Wildman–Crippen MR) is 176 cm³/mol. The number of rotatable bonds is 2. The fourth-order valence-electron chi connectivity index (χ4n) is 7.02. The van der Waals surface area contributed by atoms with E-state index in [0.717, 1.165) is 55.0 Å². The summed E-state index contributed by atoms with van der Waals surface area (Å²) in [4.78, 5) is 0. The second-order valence-electron chi connectivity index (χ2n) is 11.3. The normalized spacial score (nSPS) is 12.3. The third kappa shape index (κ3) is 2.98. The summed E-state index contributed by atoms with van der Waals surface area (Å²) in [6.45, 7) is 0. The number of hydrogen-bond acceptors (Lipinski definition) is 2. The van der Waals surface area contributed by atoms with Crippen molar-refractivity contribution in [2.45, 2.75) is 0 Å². The molecular formula is C40H22O2. The fraction of sp³-hybridized carbons (Fsp3) is 0. The maximum absolute atomic E-state index is 6.31. The Bertz CT molecular complexity index is 2670. The molecule has 0 N–H and O–H groups in total. The van der Waals surface area contributed by atoms with Crippen LogP contribution in [0.5, 0.6) is 0 Å². The third-order valence-corrected chi connectivity index (χ3v) is 9.02. The van der Waals surface area contributed by atoms with Gasteiger partial charge in [0.2, 0.25) is 0 Å². The molecule has 2 aromatic heterocycles. The summed E-state index contributed by atoms with van der Waals surface area (Å²) in [5.74, 6) is 0. The SMILES string of the molecule is c1cc2ccc3ccc(-c4ccc5oc6ccc(-c7ccc8oc9ccccc9c8c7)cc6c5c4)c4ccc(c1)c2c34. The Labute approximate surface area is 240 Å². The highest BCUT2D eigenvalue weighted by molar-refractivity contribution is 6.25. The summed E-state index contributed by atoms with van der Waals surface area (Å²) in [5, 5.41) is 12.3. The van der Waals surface area contributed by atoms with E-state index in [4.69, 9.17) is 8.83 Å². The van der Waals surface area contributed by atoms with E-state index in [9.17, 15) is 0 Å². The second-order valence-corrected chi connectivity index (χ2v) is 11.3. The van der Waals surface area contributed by atoms with Crippen molar-refractivity contribution in [1.29, 1.82) is 0 Å². The van der Waals surface area contributed by atoms with Crippen LogP contribution in [0.1, 0.15) is 0 Å². The zero-order valence-corrected chi connectivity index (χ0v) is 22.5. The third-order valence-electron chi connectivity index (χ3n) is 9.02. The largest absolute Gasteiger partial charge is 0.456 e. The summed E-state index contributed by atoms with van der Waals surface area (Å²) in [6, 6.07) is 47.9. The van der Waals surface area contributed by atoms with Crippen LogP contribution in [0, 0.1) is 0 Å². The molecule has 2 heterocycles. The minimum absolute atomic E-state index is 0.899. The number of hydrogen-bond donors (Lipinski definition) is 0. The minimum Gasteiger partial charge on any atom is -0.456 e. The first-order valence-electron chi connectivity index (χ1n) is 14.3. The standard InChI is InChI=1S/C40H22O2/c1-2-7-35-30(6-1)32-20-26(12-17-36(32)41-35)27-13-18-37-33(21-27)34-22-28(14-19-38(34)42-37)29-15-10-25-9-8-23-4-3-5-24-11-16-31(29)40(25)39(23)24/h1-22H. The van der Waals surface area contributed by atoms with E-state index in [1.165, 1.54) is 43.4 Å². The highest BCUT2D eigenvalue weighted by Crippen LogP contribution is 2.41. The van der Waals surface area contributed by atoms with E-state index in [-0.39, 0.29) is 0 Å². The molecule has 0 aliphatic heterocycles. The molecule has 0 spiro atoms. The summed E-state index contributed by atoms with van der Waals surface area (Å²) >= 11 is 0. The van der Waals surface area contributed by atoms with E-state index >= 15 is 0 Å². The number of fused-ring (bicyclic) bond motifs is 6. The van der Waals surface area contributed by atoms with E-state index in [1.807, 2.05) is 12.1 Å². The van der Waals surface area contributed by atoms with Gasteiger partial charge in [-0.2, -0.15) is 0 Å². The Hall–Kier alpha value is -5.60. The molecule has 0 radical (unpaired) electrons. The van der Waals surface area contributed by atoms with Crippen LogP contribution in [0.3, 0.4) is 0 Å². The molecule has 10 rings (SSSR count). The molecule has 10 aromatic rings. The summed E-state index contributed by atoms with van der Waals surface area (Å²) in [6.07, 6.45) is 0. The van der Waals surface area contributed by atoms with Crippen LogP contribution in [0.25, 0.3) is 98.4 Å². The highest BCUT2D eigenvalue weighted by atomic mass is 16.3. The van der Waals surface area contributed by atoms with Gasteiger partial charge in [-0.05, 0) is 97.0 Å². The monoisotopic (exact) mass is 534 g/mol. The lowest BCUT2D eigenvalue weighted by Gasteiger charge is -2.14. The average Bonchev–Trinajstić information content (AvgIpc) is 3.60. The molecule has 0 amide bonds. The molecule has 0 aliphatic carbocycles. The van der Waals surface area contributed by atoms with Crippen molar-refractivity contribution in [2.75, 3.05) is 0 Å². The van der Waals surface area contributed by atoms with Crippen LogP contribution in [-0.4, -0.2) is 0 Å². The van der Waals surface area contributed by atoms with Crippen LogP contribution in [-0.2, 0) is 0 Å². The topological polar surface area (TPSA) is 26.3 Å². The van der Waals surface area contributed by atoms with Crippen LogP contribution in [0.15, 0.2) is 142 Å². The number of furan rings is 2. The van der Waals surface area contributed by atoms with Crippen molar-refractivity contribution in [2.24, 2.45) is 0 Å². The molecule has 194 valence electrons. The van der Waals surface area contributed by atoms with Crippen molar-refractivity contribution in [3.63, 3.8) is 0 Å². The van der Waals surface area contributed by atoms with Crippen molar-refractivity contribution >= 4 is 76.2 Å². The first kappa shape index (κ1) is 22.1. The maximum Gasteiger partial charge on any atom is 0.135 e. The molecule has 0 aliphatic rings. The van der Waals surface area contributed by atoms with Gasteiger partial charge in [-0.15, -0.1) is 0 Å². The first-order valence-corrected chi connectivity index (χ1v) is 14.3. The van der Waals surface area contributed by atoms with Gasteiger partial charge in [0, 0.05) is 21.5 Å². The molecule has 0 unspecified atom stereocenters. The summed E-state index contributed by atoms with van der Waals surface area (Å²) in [5.41, 5.74) is 8.38. The minimum atomic E-state index is 0.899. The molecule has 42 heavy (non-hydrogen) atoms. The quantitative estimate of drug-likeness (QED) is 0.206. The van der Waals surface area contributed by atoms with Crippen molar-refractivity contribution in [1.82, 2.24) is 0 Å². The van der Waals surface area contributed by atoms with Gasteiger partial charge < -0.3 is 8.83 Å². The van der Waals surface area contributed by atoms with Gasteiger partial charge in [-0.3, -0.25) is 0 Å². The van der Waals surface area contributed by atoms with Gasteiger partial charge in [-0.25, -0.2) is 0 Å². The molecule has 0 saturated heterocycles.